The quantitative estimate of drug-likeness (QED) is 0.700. The molecular weight excluding hydrogens is 160 g/mol. The molecule has 13 heavy (non-hydrogen) atoms. The predicted octanol–water partition coefficient (Wildman–Crippen LogP) is 1.45. The van der Waals surface area contributed by atoms with Crippen LogP contribution in [0.25, 0.3) is 0 Å². The van der Waals surface area contributed by atoms with Crippen LogP contribution in [-0.4, -0.2) is 30.1 Å². The summed E-state index contributed by atoms with van der Waals surface area (Å²) >= 11 is 0. The van der Waals surface area contributed by atoms with Crippen LogP contribution in [0.3, 0.4) is 0 Å². The Morgan fingerprint density at radius 1 is 1.23 bits per heavy atom. The molecule has 2 unspecified atom stereocenters. The van der Waals surface area contributed by atoms with Crippen LogP contribution < -0.4 is 5.73 Å². The fraction of sp³-hybridized carbons (Fsp3) is 1.00. The average Bonchev–Trinajstić information content (AvgIpc) is 2.41. The van der Waals surface area contributed by atoms with E-state index in [0.29, 0.717) is 0 Å². The van der Waals surface area contributed by atoms with Gasteiger partial charge in [-0.05, 0) is 44.6 Å². The lowest BCUT2D eigenvalue weighted by Crippen LogP contribution is -2.45. The first-order valence-corrected chi connectivity index (χ1v) is 5.66. The smallest absolute Gasteiger partial charge is 0.0103 e. The Morgan fingerprint density at radius 2 is 1.92 bits per heavy atom. The first-order chi connectivity index (χ1) is 6.20. The monoisotopic (exact) mass is 182 g/mol. The lowest BCUT2D eigenvalue weighted by molar-refractivity contribution is 0.0791. The second-order valence-electron chi connectivity index (χ2n) is 5.11. The maximum absolute atomic E-state index is 5.72. The molecule has 2 rings (SSSR count). The Hall–Kier alpha value is -0.0800. The van der Waals surface area contributed by atoms with Crippen molar-refractivity contribution >= 4 is 0 Å². The normalized spacial score (nSPS) is 46.4. The molecule has 0 amide bonds. The summed E-state index contributed by atoms with van der Waals surface area (Å²) in [6, 6.07) is 1.67. The van der Waals surface area contributed by atoms with Gasteiger partial charge in [-0.15, -0.1) is 0 Å². The van der Waals surface area contributed by atoms with Crippen molar-refractivity contribution in [2.24, 2.45) is 17.6 Å². The van der Waals surface area contributed by atoms with Gasteiger partial charge in [-0.1, -0.05) is 6.92 Å². The molecule has 1 saturated heterocycles. The van der Waals surface area contributed by atoms with Crippen molar-refractivity contribution in [3.05, 3.63) is 0 Å². The molecular formula is C11H22N2. The van der Waals surface area contributed by atoms with E-state index in [0.717, 1.165) is 30.5 Å². The molecule has 1 saturated carbocycles. The van der Waals surface area contributed by atoms with Gasteiger partial charge in [0, 0.05) is 18.6 Å². The molecule has 2 atom stereocenters. The third-order valence-electron chi connectivity index (χ3n) is 3.86. The van der Waals surface area contributed by atoms with Gasteiger partial charge in [0.1, 0.15) is 0 Å². The summed E-state index contributed by atoms with van der Waals surface area (Å²) in [5, 5.41) is 0. The maximum Gasteiger partial charge on any atom is 0.0103 e. The first-order valence-electron chi connectivity index (χ1n) is 5.66. The summed E-state index contributed by atoms with van der Waals surface area (Å²) in [4.78, 5) is 2.69. The van der Waals surface area contributed by atoms with E-state index in [1.807, 2.05) is 0 Å². The van der Waals surface area contributed by atoms with Crippen LogP contribution in [0.2, 0.25) is 0 Å². The Labute approximate surface area is 81.5 Å². The van der Waals surface area contributed by atoms with Gasteiger partial charge in [0.2, 0.25) is 0 Å². The lowest BCUT2D eigenvalue weighted by Gasteiger charge is -2.42. The molecule has 0 spiro atoms. The molecule has 0 aromatic rings. The highest BCUT2D eigenvalue weighted by molar-refractivity contribution is 4.93. The van der Waals surface area contributed by atoms with Gasteiger partial charge >= 0.3 is 0 Å². The van der Waals surface area contributed by atoms with E-state index < -0.39 is 0 Å². The van der Waals surface area contributed by atoms with Crippen molar-refractivity contribution in [1.29, 1.82) is 0 Å². The zero-order valence-corrected chi connectivity index (χ0v) is 8.87. The number of likely N-dealkylation sites (tertiary alicyclic amines) is 1. The fourth-order valence-electron chi connectivity index (χ4n) is 2.98. The van der Waals surface area contributed by atoms with Crippen molar-refractivity contribution in [2.45, 2.75) is 45.2 Å². The van der Waals surface area contributed by atoms with Gasteiger partial charge in [-0.3, -0.25) is 4.90 Å². The van der Waals surface area contributed by atoms with Crippen LogP contribution in [-0.2, 0) is 0 Å². The Balaban J connectivity index is 1.86. The molecule has 76 valence electrons. The molecule has 0 aromatic carbocycles. The zero-order chi connectivity index (χ0) is 9.42. The van der Waals surface area contributed by atoms with E-state index in [4.69, 9.17) is 5.73 Å². The number of hydrogen-bond acceptors (Lipinski definition) is 2. The Kier molecular flexibility index (Phi) is 2.61. The molecule has 0 radical (unpaired) electrons. The van der Waals surface area contributed by atoms with Gasteiger partial charge < -0.3 is 5.73 Å². The fourth-order valence-corrected chi connectivity index (χ4v) is 2.98. The molecule has 0 aromatic heterocycles. The lowest BCUT2D eigenvalue weighted by atomic mass is 9.80. The first kappa shape index (κ1) is 9.47. The molecule has 2 aliphatic rings. The van der Waals surface area contributed by atoms with Gasteiger partial charge in [0.15, 0.2) is 0 Å². The molecule has 2 fully saturated rings. The number of nitrogens with two attached hydrogens (primary N) is 1. The second kappa shape index (κ2) is 3.58. The van der Waals surface area contributed by atoms with Crippen molar-refractivity contribution in [3.63, 3.8) is 0 Å². The summed E-state index contributed by atoms with van der Waals surface area (Å²) in [5.41, 5.74) is 5.72. The van der Waals surface area contributed by atoms with Crippen LogP contribution in [0.5, 0.6) is 0 Å². The van der Waals surface area contributed by atoms with E-state index in [2.05, 4.69) is 18.7 Å². The van der Waals surface area contributed by atoms with Crippen molar-refractivity contribution in [3.8, 4) is 0 Å². The van der Waals surface area contributed by atoms with E-state index in [1.165, 1.54) is 25.8 Å². The summed E-state index contributed by atoms with van der Waals surface area (Å²) in [7, 11) is 0. The van der Waals surface area contributed by atoms with E-state index in [9.17, 15) is 0 Å². The van der Waals surface area contributed by atoms with Gasteiger partial charge in [0.05, 0.1) is 0 Å². The summed E-state index contributed by atoms with van der Waals surface area (Å²) < 4.78 is 0. The minimum Gasteiger partial charge on any atom is -0.330 e. The van der Waals surface area contributed by atoms with Crippen LogP contribution in [0.4, 0.5) is 0 Å². The molecule has 2 N–H and O–H groups in total. The van der Waals surface area contributed by atoms with Crippen LogP contribution in [0, 0.1) is 11.8 Å². The standard InChI is InChI=1S/C11H22N2/c1-8-3-11(4-8)13-7-10(6-12)5-9(13)2/h8-11H,3-7,12H2,1-2H3. The highest BCUT2D eigenvalue weighted by Crippen LogP contribution is 2.36. The summed E-state index contributed by atoms with van der Waals surface area (Å²) in [6.07, 6.45) is 4.16. The Morgan fingerprint density at radius 3 is 2.38 bits per heavy atom. The number of rotatable bonds is 2. The molecule has 1 aliphatic carbocycles. The largest absolute Gasteiger partial charge is 0.330 e. The van der Waals surface area contributed by atoms with E-state index in [1.54, 1.807) is 0 Å². The average molecular weight is 182 g/mol. The van der Waals surface area contributed by atoms with Crippen molar-refractivity contribution in [1.82, 2.24) is 4.90 Å². The summed E-state index contributed by atoms with van der Waals surface area (Å²) in [6.45, 7) is 6.86. The second-order valence-corrected chi connectivity index (χ2v) is 5.11. The third kappa shape index (κ3) is 1.75. The van der Waals surface area contributed by atoms with E-state index in [-0.39, 0.29) is 0 Å². The highest BCUT2D eigenvalue weighted by atomic mass is 15.2. The maximum atomic E-state index is 5.72. The molecule has 0 bridgehead atoms. The highest BCUT2D eigenvalue weighted by Gasteiger charge is 2.38. The van der Waals surface area contributed by atoms with E-state index >= 15 is 0 Å². The van der Waals surface area contributed by atoms with Gasteiger partial charge in [-0.2, -0.15) is 0 Å². The van der Waals surface area contributed by atoms with Crippen molar-refractivity contribution < 1.29 is 0 Å². The van der Waals surface area contributed by atoms with Crippen LogP contribution in [0.15, 0.2) is 0 Å². The molecule has 1 heterocycles. The van der Waals surface area contributed by atoms with Crippen LogP contribution >= 0.6 is 0 Å². The van der Waals surface area contributed by atoms with Crippen molar-refractivity contribution in [2.75, 3.05) is 13.1 Å². The van der Waals surface area contributed by atoms with Crippen LogP contribution in [0.1, 0.15) is 33.1 Å². The Bertz CT molecular complexity index is 175. The van der Waals surface area contributed by atoms with Gasteiger partial charge in [-0.25, -0.2) is 0 Å². The number of nitrogens with zero attached hydrogens (tertiary/aromatic N) is 1. The summed E-state index contributed by atoms with van der Waals surface area (Å²) in [5.74, 6) is 1.74. The minimum atomic E-state index is 0.769. The third-order valence-corrected chi connectivity index (χ3v) is 3.86. The molecule has 2 heteroatoms. The SMILES string of the molecule is CC1CC(N2CC(CN)CC2C)C1. The minimum absolute atomic E-state index is 0.769. The molecule has 1 aliphatic heterocycles. The molecule has 2 nitrogen and oxygen atoms in total. The van der Waals surface area contributed by atoms with Gasteiger partial charge in [0.25, 0.3) is 0 Å². The zero-order valence-electron chi connectivity index (χ0n) is 8.87. The topological polar surface area (TPSA) is 29.3 Å². The number of hydrogen-bond donors (Lipinski definition) is 1. The predicted molar refractivity (Wildman–Crippen MR) is 55.5 cm³/mol.